The third kappa shape index (κ3) is 3.31. The molecule has 1 aromatic carbocycles. The molecule has 7 heteroatoms. The number of aromatic nitrogens is 2. The number of benzene rings is 1. The molecule has 1 aromatic heterocycles. The van der Waals surface area contributed by atoms with Crippen molar-refractivity contribution in [3.05, 3.63) is 40.2 Å². The molecule has 0 amide bonds. The summed E-state index contributed by atoms with van der Waals surface area (Å²) in [6.07, 6.45) is 1.63. The number of para-hydroxylation sites is 1. The zero-order valence-electron chi connectivity index (χ0n) is 12.5. The molecule has 0 bridgehead atoms. The van der Waals surface area contributed by atoms with E-state index >= 15 is 0 Å². The first-order valence-electron chi connectivity index (χ1n) is 6.59. The fourth-order valence-electron chi connectivity index (χ4n) is 2.03. The van der Waals surface area contributed by atoms with Crippen molar-refractivity contribution in [1.29, 1.82) is 0 Å². The number of anilines is 2. The van der Waals surface area contributed by atoms with E-state index in [0.717, 1.165) is 11.4 Å². The van der Waals surface area contributed by atoms with Gasteiger partial charge >= 0.3 is 5.69 Å². The van der Waals surface area contributed by atoms with Crippen LogP contribution < -0.4 is 10.1 Å². The van der Waals surface area contributed by atoms with Gasteiger partial charge in [0.2, 0.25) is 0 Å². The van der Waals surface area contributed by atoms with Gasteiger partial charge in [-0.1, -0.05) is 6.07 Å². The molecular weight excluding hydrogens is 272 g/mol. The number of rotatable bonds is 5. The highest BCUT2D eigenvalue weighted by atomic mass is 16.6. The Kier molecular flexibility index (Phi) is 4.11. The van der Waals surface area contributed by atoms with Crippen molar-refractivity contribution in [2.75, 3.05) is 5.32 Å². The second kappa shape index (κ2) is 5.82. The summed E-state index contributed by atoms with van der Waals surface area (Å²) in [6, 6.07) is 4.97. The summed E-state index contributed by atoms with van der Waals surface area (Å²) in [6.45, 7) is 5.49. The standard InChI is InChI=1S/C14H18N4O3/c1-9(2)21-13-7-5-6-11(14(13)18(19)20)15-12-8-17(4)16-10(12)3/h5-9,15H,1-4H3. The Hall–Kier alpha value is -2.57. The Morgan fingerprint density at radius 3 is 2.62 bits per heavy atom. The number of nitro benzene ring substituents is 1. The molecule has 2 aromatic rings. The van der Waals surface area contributed by atoms with Crippen molar-refractivity contribution >= 4 is 17.1 Å². The monoisotopic (exact) mass is 290 g/mol. The van der Waals surface area contributed by atoms with Crippen LogP contribution in [-0.2, 0) is 7.05 Å². The number of nitrogens with one attached hydrogen (secondary N) is 1. The van der Waals surface area contributed by atoms with Crippen molar-refractivity contribution in [3.63, 3.8) is 0 Å². The molecular formula is C14H18N4O3. The maximum atomic E-state index is 11.4. The van der Waals surface area contributed by atoms with Crippen LogP contribution >= 0.6 is 0 Å². The molecule has 7 nitrogen and oxygen atoms in total. The van der Waals surface area contributed by atoms with Gasteiger partial charge in [-0.3, -0.25) is 14.8 Å². The van der Waals surface area contributed by atoms with E-state index in [-0.39, 0.29) is 17.5 Å². The van der Waals surface area contributed by atoms with E-state index in [9.17, 15) is 10.1 Å². The highest BCUT2D eigenvalue weighted by Gasteiger charge is 2.22. The minimum Gasteiger partial charge on any atom is -0.484 e. The van der Waals surface area contributed by atoms with E-state index in [1.807, 2.05) is 20.8 Å². The summed E-state index contributed by atoms with van der Waals surface area (Å²) < 4.78 is 7.17. The molecule has 1 N–H and O–H groups in total. The first-order chi connectivity index (χ1) is 9.88. The first kappa shape index (κ1) is 14.8. The topological polar surface area (TPSA) is 82.2 Å². The predicted molar refractivity (Wildman–Crippen MR) is 80.1 cm³/mol. The molecule has 21 heavy (non-hydrogen) atoms. The van der Waals surface area contributed by atoms with E-state index in [0.29, 0.717) is 5.69 Å². The fraction of sp³-hybridized carbons (Fsp3) is 0.357. The molecule has 0 saturated heterocycles. The third-order valence-electron chi connectivity index (χ3n) is 2.83. The summed E-state index contributed by atoms with van der Waals surface area (Å²) in [7, 11) is 1.80. The molecule has 2 rings (SSSR count). The number of nitrogens with zero attached hydrogens (tertiary/aromatic N) is 3. The summed E-state index contributed by atoms with van der Waals surface area (Å²) in [4.78, 5) is 10.9. The van der Waals surface area contributed by atoms with Gasteiger partial charge in [0.15, 0.2) is 5.75 Å². The molecule has 0 aliphatic rings. The lowest BCUT2D eigenvalue weighted by atomic mass is 10.2. The molecule has 1 heterocycles. The second-order valence-corrected chi connectivity index (χ2v) is 5.00. The van der Waals surface area contributed by atoms with Crippen LogP contribution in [0, 0.1) is 17.0 Å². The van der Waals surface area contributed by atoms with Gasteiger partial charge in [-0.05, 0) is 32.9 Å². The molecule has 0 fully saturated rings. The number of hydrogen-bond acceptors (Lipinski definition) is 5. The normalized spacial score (nSPS) is 10.7. The van der Waals surface area contributed by atoms with Gasteiger partial charge in [-0.2, -0.15) is 5.10 Å². The average molecular weight is 290 g/mol. The second-order valence-electron chi connectivity index (χ2n) is 5.00. The lowest BCUT2D eigenvalue weighted by molar-refractivity contribution is -0.385. The molecule has 0 saturated carbocycles. The van der Waals surface area contributed by atoms with E-state index in [2.05, 4.69) is 10.4 Å². The highest BCUT2D eigenvalue weighted by Crippen LogP contribution is 2.37. The Labute approximate surface area is 122 Å². The van der Waals surface area contributed by atoms with Crippen LogP contribution in [0.15, 0.2) is 24.4 Å². The molecule has 112 valence electrons. The summed E-state index contributed by atoms with van der Waals surface area (Å²) in [5, 5.41) is 18.6. The summed E-state index contributed by atoms with van der Waals surface area (Å²) in [5.41, 5.74) is 1.80. The van der Waals surface area contributed by atoms with Gasteiger partial charge in [-0.25, -0.2) is 0 Å². The van der Waals surface area contributed by atoms with Crippen molar-refractivity contribution < 1.29 is 9.66 Å². The first-order valence-corrected chi connectivity index (χ1v) is 6.59. The van der Waals surface area contributed by atoms with Crippen LogP contribution in [0.5, 0.6) is 5.75 Å². The Morgan fingerprint density at radius 2 is 2.10 bits per heavy atom. The fourth-order valence-corrected chi connectivity index (χ4v) is 2.03. The lowest BCUT2D eigenvalue weighted by Crippen LogP contribution is -2.08. The molecule has 0 spiro atoms. The number of aryl methyl sites for hydroxylation is 2. The molecule has 0 aliphatic carbocycles. The highest BCUT2D eigenvalue weighted by molar-refractivity contribution is 5.74. The smallest absolute Gasteiger partial charge is 0.334 e. The minimum absolute atomic E-state index is 0.0746. The number of ether oxygens (including phenoxy) is 1. The average Bonchev–Trinajstić information content (AvgIpc) is 2.66. The maximum Gasteiger partial charge on any atom is 0.334 e. The zero-order chi connectivity index (χ0) is 15.6. The van der Waals surface area contributed by atoms with E-state index in [1.165, 1.54) is 0 Å². The zero-order valence-corrected chi connectivity index (χ0v) is 12.5. The quantitative estimate of drug-likeness (QED) is 0.675. The van der Waals surface area contributed by atoms with Crippen LogP contribution in [0.3, 0.4) is 0 Å². The van der Waals surface area contributed by atoms with Crippen molar-refractivity contribution in [2.45, 2.75) is 26.9 Å². The molecule has 0 aliphatic heterocycles. The summed E-state index contributed by atoms with van der Waals surface area (Å²) >= 11 is 0. The predicted octanol–water partition coefficient (Wildman–Crippen LogP) is 3.17. The van der Waals surface area contributed by atoms with Crippen molar-refractivity contribution in [2.24, 2.45) is 7.05 Å². The van der Waals surface area contributed by atoms with Gasteiger partial charge in [0.25, 0.3) is 0 Å². The van der Waals surface area contributed by atoms with E-state index in [1.54, 1.807) is 36.1 Å². The maximum absolute atomic E-state index is 11.4. The molecule has 0 radical (unpaired) electrons. The van der Waals surface area contributed by atoms with Gasteiger partial charge in [0.1, 0.15) is 5.69 Å². The number of hydrogen-bond donors (Lipinski definition) is 1. The van der Waals surface area contributed by atoms with E-state index in [4.69, 9.17) is 4.74 Å². The third-order valence-corrected chi connectivity index (χ3v) is 2.83. The van der Waals surface area contributed by atoms with E-state index < -0.39 is 4.92 Å². The minimum atomic E-state index is -0.439. The van der Waals surface area contributed by atoms with Gasteiger partial charge in [-0.15, -0.1) is 0 Å². The van der Waals surface area contributed by atoms with Crippen LogP contribution in [0.1, 0.15) is 19.5 Å². The Morgan fingerprint density at radius 1 is 1.38 bits per heavy atom. The van der Waals surface area contributed by atoms with Gasteiger partial charge in [0.05, 0.1) is 22.4 Å². The van der Waals surface area contributed by atoms with Crippen LogP contribution in [-0.4, -0.2) is 20.8 Å². The largest absolute Gasteiger partial charge is 0.484 e. The van der Waals surface area contributed by atoms with Gasteiger partial charge < -0.3 is 10.1 Å². The summed E-state index contributed by atoms with van der Waals surface area (Å²) in [5.74, 6) is 0.251. The Bertz CT molecular complexity index is 664. The van der Waals surface area contributed by atoms with Gasteiger partial charge in [0, 0.05) is 13.2 Å². The van der Waals surface area contributed by atoms with Crippen LogP contribution in [0.25, 0.3) is 0 Å². The lowest BCUT2D eigenvalue weighted by Gasteiger charge is -2.12. The molecule has 0 atom stereocenters. The van der Waals surface area contributed by atoms with Crippen molar-refractivity contribution in [3.8, 4) is 5.75 Å². The molecule has 0 unspecified atom stereocenters. The Balaban J connectivity index is 2.43. The van der Waals surface area contributed by atoms with Crippen LogP contribution in [0.2, 0.25) is 0 Å². The van der Waals surface area contributed by atoms with Crippen molar-refractivity contribution in [1.82, 2.24) is 9.78 Å². The van der Waals surface area contributed by atoms with Crippen LogP contribution in [0.4, 0.5) is 17.1 Å². The number of nitro groups is 1. The SMILES string of the molecule is Cc1nn(C)cc1Nc1cccc(OC(C)C)c1[N+](=O)[O-].